The number of anilines is 1. The molecule has 2 aromatic carbocycles. The fourth-order valence-corrected chi connectivity index (χ4v) is 4.96. The summed E-state index contributed by atoms with van der Waals surface area (Å²) >= 11 is 0. The molecule has 1 saturated carbocycles. The number of nitrogens with one attached hydrogen (secondary N) is 2. The van der Waals surface area contributed by atoms with Crippen molar-refractivity contribution in [2.75, 3.05) is 19.5 Å². The Labute approximate surface area is 229 Å². The van der Waals surface area contributed by atoms with Crippen molar-refractivity contribution < 1.29 is 19.1 Å². The minimum Gasteiger partial charge on any atom is -0.496 e. The van der Waals surface area contributed by atoms with Crippen molar-refractivity contribution in [3.05, 3.63) is 58.7 Å². The molecule has 6 heteroatoms. The summed E-state index contributed by atoms with van der Waals surface area (Å²) in [5, 5.41) is 5.50. The number of rotatable bonds is 7. The largest absolute Gasteiger partial charge is 0.496 e. The molecule has 1 atom stereocenters. The first-order chi connectivity index (χ1) is 18.1. The Hall–Kier alpha value is -3.15. The number of hydrogen-bond donors (Lipinski definition) is 2. The van der Waals surface area contributed by atoms with Crippen LogP contribution < -0.4 is 15.4 Å². The van der Waals surface area contributed by atoms with Crippen molar-refractivity contribution >= 4 is 23.8 Å². The van der Waals surface area contributed by atoms with Crippen LogP contribution in [0, 0.1) is 31.6 Å². The highest BCUT2D eigenvalue weighted by Crippen LogP contribution is 2.34. The molecule has 0 saturated heterocycles. The van der Waals surface area contributed by atoms with Crippen molar-refractivity contribution in [1.82, 2.24) is 5.32 Å². The second kappa shape index (κ2) is 17.4. The Kier molecular flexibility index (Phi) is 15.0. The minimum absolute atomic E-state index is 0.118. The first-order valence-corrected chi connectivity index (χ1v) is 13.8. The van der Waals surface area contributed by atoms with Crippen LogP contribution in [-0.2, 0) is 16.0 Å². The highest BCUT2D eigenvalue weighted by Gasteiger charge is 2.27. The van der Waals surface area contributed by atoms with Crippen LogP contribution in [-0.4, -0.2) is 32.3 Å². The van der Waals surface area contributed by atoms with E-state index in [0.717, 1.165) is 59.9 Å². The first-order valence-electron chi connectivity index (χ1n) is 13.8. The highest BCUT2D eigenvalue weighted by molar-refractivity contribution is 5.91. The van der Waals surface area contributed by atoms with E-state index in [1.54, 1.807) is 20.2 Å². The van der Waals surface area contributed by atoms with Crippen molar-refractivity contribution in [3.8, 4) is 5.75 Å². The Morgan fingerprint density at radius 1 is 1.05 bits per heavy atom. The topological polar surface area (TPSA) is 84.5 Å². The summed E-state index contributed by atoms with van der Waals surface area (Å²) in [6.07, 6.45) is 7.57. The van der Waals surface area contributed by atoms with Crippen LogP contribution in [0.15, 0.2) is 36.4 Å². The second-order valence-corrected chi connectivity index (χ2v) is 10.1. The predicted molar refractivity (Wildman–Crippen MR) is 157 cm³/mol. The summed E-state index contributed by atoms with van der Waals surface area (Å²) in [6, 6.07) is 11.5. The molecule has 1 aliphatic rings. The van der Waals surface area contributed by atoms with Gasteiger partial charge in [0.2, 0.25) is 11.8 Å². The maximum atomic E-state index is 11.4. The highest BCUT2D eigenvalue weighted by atomic mass is 16.5. The van der Waals surface area contributed by atoms with Gasteiger partial charge in [-0.15, -0.1) is 0 Å². The van der Waals surface area contributed by atoms with E-state index in [-0.39, 0.29) is 11.8 Å². The third-order valence-corrected chi connectivity index (χ3v) is 7.45. The van der Waals surface area contributed by atoms with E-state index in [0.29, 0.717) is 11.5 Å². The number of methoxy groups -OCH3 is 1. The van der Waals surface area contributed by atoms with Gasteiger partial charge in [0.1, 0.15) is 12.0 Å². The van der Waals surface area contributed by atoms with Crippen LogP contribution in [0.4, 0.5) is 5.69 Å². The van der Waals surface area contributed by atoms with Gasteiger partial charge >= 0.3 is 0 Å². The number of carbonyl (C=O) groups is 3. The van der Waals surface area contributed by atoms with Crippen molar-refractivity contribution in [1.29, 1.82) is 0 Å². The molecule has 6 nitrogen and oxygen atoms in total. The first kappa shape index (κ1) is 32.9. The number of ether oxygens (including phenoxy) is 1. The maximum Gasteiger partial charge on any atom is 0.222 e. The molecule has 0 aliphatic heterocycles. The Morgan fingerprint density at radius 2 is 1.68 bits per heavy atom. The molecule has 1 unspecified atom stereocenters. The lowest BCUT2D eigenvalue weighted by atomic mass is 9.75. The molecule has 2 aromatic rings. The summed E-state index contributed by atoms with van der Waals surface area (Å²) in [7, 11) is 3.42. The van der Waals surface area contributed by atoms with E-state index >= 15 is 0 Å². The number of aryl methyl sites for hydroxylation is 2. The van der Waals surface area contributed by atoms with Crippen molar-refractivity contribution in [2.45, 2.75) is 80.1 Å². The van der Waals surface area contributed by atoms with Gasteiger partial charge in [-0.2, -0.15) is 0 Å². The summed E-state index contributed by atoms with van der Waals surface area (Å²) in [6.45, 7) is 12.0. The quantitative estimate of drug-likeness (QED) is 0.385. The van der Waals surface area contributed by atoms with Gasteiger partial charge in [0.05, 0.1) is 7.11 Å². The van der Waals surface area contributed by atoms with E-state index in [2.05, 4.69) is 24.5 Å². The molecule has 2 amide bonds. The minimum atomic E-state index is -0.118. The number of carbonyl (C=O) groups excluding carboxylic acids is 3. The van der Waals surface area contributed by atoms with E-state index in [9.17, 15) is 14.4 Å². The van der Waals surface area contributed by atoms with E-state index < -0.39 is 0 Å². The summed E-state index contributed by atoms with van der Waals surface area (Å²) in [4.78, 5) is 33.1. The normalized spacial score (nSPS) is 16.9. The van der Waals surface area contributed by atoms with E-state index in [1.807, 2.05) is 51.1 Å². The van der Waals surface area contributed by atoms with Gasteiger partial charge in [-0.1, -0.05) is 45.4 Å². The molecule has 1 aliphatic carbocycles. The van der Waals surface area contributed by atoms with Gasteiger partial charge < -0.3 is 15.4 Å². The third-order valence-electron chi connectivity index (χ3n) is 7.45. The smallest absolute Gasteiger partial charge is 0.222 e. The molecule has 210 valence electrons. The zero-order valence-corrected chi connectivity index (χ0v) is 24.6. The lowest BCUT2D eigenvalue weighted by molar-refractivity contribution is -0.125. The Bertz CT molecular complexity index is 1030. The van der Waals surface area contributed by atoms with E-state index in [4.69, 9.17) is 4.74 Å². The number of benzene rings is 2. The van der Waals surface area contributed by atoms with Crippen LogP contribution >= 0.6 is 0 Å². The molecule has 0 spiro atoms. The monoisotopic (exact) mass is 524 g/mol. The summed E-state index contributed by atoms with van der Waals surface area (Å²) in [5.41, 5.74) is 4.63. The fourth-order valence-electron chi connectivity index (χ4n) is 4.96. The SMILES string of the molecule is CCC(C)C1CCC(C(=O)NC)CC1.CCc1c(C)cc(C=O)cc1NC(C)=O.COc1ccccc1C. The second-order valence-electron chi connectivity index (χ2n) is 10.1. The molecule has 38 heavy (non-hydrogen) atoms. The lowest BCUT2D eigenvalue weighted by Crippen LogP contribution is -2.31. The lowest BCUT2D eigenvalue weighted by Gasteiger charge is -2.30. The summed E-state index contributed by atoms with van der Waals surface area (Å²) < 4.78 is 5.04. The van der Waals surface area contributed by atoms with Gasteiger partial charge in [-0.05, 0) is 92.7 Å². The third kappa shape index (κ3) is 10.7. The van der Waals surface area contributed by atoms with Gasteiger partial charge in [-0.3, -0.25) is 14.4 Å². The molecule has 0 aromatic heterocycles. The Morgan fingerprint density at radius 3 is 2.13 bits per heavy atom. The van der Waals surface area contributed by atoms with Crippen LogP contribution in [0.1, 0.15) is 86.8 Å². The molecule has 0 bridgehead atoms. The molecule has 0 heterocycles. The molecular weight excluding hydrogens is 476 g/mol. The van der Waals surface area contributed by atoms with Gasteiger partial charge in [-0.25, -0.2) is 0 Å². The molecule has 1 fully saturated rings. The van der Waals surface area contributed by atoms with Crippen LogP contribution in [0.2, 0.25) is 0 Å². The fraction of sp³-hybridized carbons (Fsp3) is 0.531. The average Bonchev–Trinajstić information content (AvgIpc) is 2.92. The number of aldehydes is 1. The zero-order valence-electron chi connectivity index (χ0n) is 24.6. The predicted octanol–water partition coefficient (Wildman–Crippen LogP) is 6.92. The van der Waals surface area contributed by atoms with Crippen LogP contribution in [0.25, 0.3) is 0 Å². The van der Waals surface area contributed by atoms with Gasteiger partial charge in [0.25, 0.3) is 0 Å². The average molecular weight is 525 g/mol. The standard InChI is InChI=1S/C12H15NO2.C12H23NO.C8H10O/c1-4-11-8(2)5-10(7-14)6-12(11)13-9(3)15;1-4-9(2)10-5-7-11(8-6-10)12(14)13-3;1-7-5-3-4-6-8(7)9-2/h5-7H,4H2,1-3H3,(H,13,15);9-11H,4-8H2,1-3H3,(H,13,14);3-6H,1-2H3. The van der Waals surface area contributed by atoms with Crippen molar-refractivity contribution in [3.63, 3.8) is 0 Å². The zero-order chi connectivity index (χ0) is 28.7. The maximum absolute atomic E-state index is 11.4. The van der Waals surface area contributed by atoms with Gasteiger partial charge in [0.15, 0.2) is 0 Å². The van der Waals surface area contributed by atoms with Crippen LogP contribution in [0.5, 0.6) is 5.75 Å². The molecule has 3 rings (SSSR count). The van der Waals surface area contributed by atoms with Gasteiger partial charge in [0, 0.05) is 31.1 Å². The molecule has 2 N–H and O–H groups in total. The molecule has 0 radical (unpaired) electrons. The number of amides is 2. The number of para-hydroxylation sites is 1. The van der Waals surface area contributed by atoms with Crippen LogP contribution in [0.3, 0.4) is 0 Å². The molecular formula is C32H48N2O4. The Balaban J connectivity index is 0.000000294. The number of hydrogen-bond acceptors (Lipinski definition) is 4. The van der Waals surface area contributed by atoms with Crippen molar-refractivity contribution in [2.24, 2.45) is 17.8 Å². The summed E-state index contributed by atoms with van der Waals surface area (Å²) in [5.74, 6) is 3.07. The van der Waals surface area contributed by atoms with E-state index in [1.165, 1.54) is 31.7 Å².